The molecule has 1 atom stereocenters. The molecular weight excluding hydrogens is 452 g/mol. The van der Waals surface area contributed by atoms with E-state index in [0.29, 0.717) is 46.4 Å². The van der Waals surface area contributed by atoms with Gasteiger partial charge in [0.25, 0.3) is 0 Å². The van der Waals surface area contributed by atoms with Crippen LogP contribution in [0.3, 0.4) is 0 Å². The van der Waals surface area contributed by atoms with E-state index in [1.54, 1.807) is 60.8 Å². The number of rotatable bonds is 5. The monoisotopic (exact) mass is 476 g/mol. The minimum atomic E-state index is -3.38. The maximum absolute atomic E-state index is 13.0. The van der Waals surface area contributed by atoms with Gasteiger partial charge in [0.15, 0.2) is 15.6 Å². The van der Waals surface area contributed by atoms with Crippen LogP contribution in [0.1, 0.15) is 18.5 Å². The van der Waals surface area contributed by atoms with Crippen LogP contribution in [-0.2, 0) is 9.84 Å². The summed E-state index contributed by atoms with van der Waals surface area (Å²) in [5.41, 5.74) is 4.02. The summed E-state index contributed by atoms with van der Waals surface area (Å²) in [6.45, 7) is 3.18. The lowest BCUT2D eigenvalue weighted by Gasteiger charge is -2.22. The summed E-state index contributed by atoms with van der Waals surface area (Å²) in [7, 11) is -3.38. The van der Waals surface area contributed by atoms with Crippen molar-refractivity contribution in [3.63, 3.8) is 0 Å². The Hall–Kier alpha value is -3.56. The van der Waals surface area contributed by atoms with E-state index >= 15 is 0 Å². The van der Waals surface area contributed by atoms with Crippen molar-refractivity contribution in [2.45, 2.75) is 29.9 Å². The van der Waals surface area contributed by atoms with Gasteiger partial charge in [-0.2, -0.15) is 0 Å². The van der Waals surface area contributed by atoms with E-state index in [1.807, 2.05) is 6.92 Å². The van der Waals surface area contributed by atoms with Crippen LogP contribution in [0.25, 0.3) is 34.0 Å². The molecule has 174 valence electrons. The van der Waals surface area contributed by atoms with E-state index < -0.39 is 15.1 Å². The Kier molecular flexibility index (Phi) is 5.89. The highest BCUT2D eigenvalue weighted by Gasteiger charge is 2.28. The second-order valence-corrected chi connectivity index (χ2v) is 10.6. The number of nitrogens with one attached hydrogen (secondary N) is 1. The van der Waals surface area contributed by atoms with Crippen molar-refractivity contribution in [3.05, 3.63) is 66.5 Å². The minimum Gasteiger partial charge on any atom is -0.508 e. The lowest BCUT2D eigenvalue weighted by atomic mass is 10.1. The molecule has 2 aromatic heterocycles. The molecule has 1 fully saturated rings. The Morgan fingerprint density at radius 3 is 2.44 bits per heavy atom. The van der Waals surface area contributed by atoms with Crippen LogP contribution in [0.2, 0.25) is 0 Å². The van der Waals surface area contributed by atoms with Gasteiger partial charge in [-0.25, -0.2) is 13.4 Å². The molecule has 0 radical (unpaired) electrons. The summed E-state index contributed by atoms with van der Waals surface area (Å²) in [6, 6.07) is 15.3. The number of aromatic hydroxyl groups is 1. The Labute approximate surface area is 197 Å². The van der Waals surface area contributed by atoms with Gasteiger partial charge in [-0.15, -0.1) is 0 Å². The third kappa shape index (κ3) is 4.32. The zero-order valence-electron chi connectivity index (χ0n) is 18.6. The molecule has 1 aliphatic rings. The average molecular weight is 477 g/mol. The first kappa shape index (κ1) is 22.2. The maximum Gasteiger partial charge on any atom is 0.187 e. The van der Waals surface area contributed by atoms with Crippen molar-refractivity contribution in [2.75, 3.05) is 13.1 Å². The summed E-state index contributed by atoms with van der Waals surface area (Å²) in [4.78, 5) is 9.50. The number of aryl methyl sites for hydroxylation is 1. The van der Waals surface area contributed by atoms with E-state index in [1.165, 1.54) is 0 Å². The lowest BCUT2D eigenvalue weighted by Crippen LogP contribution is -2.38. The molecule has 0 bridgehead atoms. The number of aromatic nitrogens is 3. The molecule has 4 aromatic rings. The Morgan fingerprint density at radius 2 is 1.74 bits per heavy atom. The first-order chi connectivity index (χ1) is 16.4. The quantitative estimate of drug-likeness (QED) is 0.444. The number of phenols is 1. The molecule has 5 rings (SSSR count). The highest BCUT2D eigenvalue weighted by atomic mass is 32.2. The Balaban J connectivity index is 1.42. The van der Waals surface area contributed by atoms with E-state index in [0.717, 1.165) is 24.1 Å². The minimum absolute atomic E-state index is 0.177. The number of piperidine rings is 1. The molecule has 3 heterocycles. The SMILES string of the molecule is Cc1ncc(-c2ccc(S(=O)(=O)C3CCCNC3)cc2)nc1-c1cc(-c2ccc(O)cc2)no1. The smallest absolute Gasteiger partial charge is 0.187 e. The normalized spacial score (nSPS) is 16.4. The van der Waals surface area contributed by atoms with E-state index in [4.69, 9.17) is 9.51 Å². The predicted octanol–water partition coefficient (Wildman–Crippen LogP) is 4.01. The van der Waals surface area contributed by atoms with Gasteiger partial charge in [0, 0.05) is 23.7 Å². The van der Waals surface area contributed by atoms with Crippen molar-refractivity contribution in [3.8, 4) is 39.7 Å². The van der Waals surface area contributed by atoms with E-state index in [9.17, 15) is 13.5 Å². The molecule has 1 saturated heterocycles. The van der Waals surface area contributed by atoms with Gasteiger partial charge in [0.1, 0.15) is 17.1 Å². The molecule has 34 heavy (non-hydrogen) atoms. The van der Waals surface area contributed by atoms with Crippen molar-refractivity contribution in [1.29, 1.82) is 0 Å². The van der Waals surface area contributed by atoms with Crippen LogP contribution >= 0.6 is 0 Å². The molecule has 9 heteroatoms. The van der Waals surface area contributed by atoms with Crippen molar-refractivity contribution in [2.24, 2.45) is 0 Å². The fraction of sp³-hybridized carbons (Fsp3) is 0.240. The van der Waals surface area contributed by atoms with Crippen molar-refractivity contribution < 1.29 is 18.0 Å². The largest absolute Gasteiger partial charge is 0.508 e. The molecule has 0 aliphatic carbocycles. The number of hydrogen-bond donors (Lipinski definition) is 2. The first-order valence-corrected chi connectivity index (χ1v) is 12.6. The highest BCUT2D eigenvalue weighted by molar-refractivity contribution is 7.92. The number of hydrogen-bond acceptors (Lipinski definition) is 8. The van der Waals surface area contributed by atoms with Crippen LogP contribution in [0, 0.1) is 6.92 Å². The molecule has 0 spiro atoms. The summed E-state index contributed by atoms with van der Waals surface area (Å²) in [6.07, 6.45) is 3.19. The van der Waals surface area contributed by atoms with Gasteiger partial charge in [-0.1, -0.05) is 17.3 Å². The number of phenolic OH excluding ortho intramolecular Hbond substituents is 1. The number of sulfone groups is 1. The van der Waals surface area contributed by atoms with Crippen LogP contribution < -0.4 is 5.32 Å². The Bertz CT molecular complexity index is 1410. The highest BCUT2D eigenvalue weighted by Crippen LogP contribution is 2.30. The average Bonchev–Trinajstić information content (AvgIpc) is 3.35. The number of nitrogens with zero attached hydrogens (tertiary/aromatic N) is 3. The van der Waals surface area contributed by atoms with Crippen LogP contribution in [-0.4, -0.2) is 47.0 Å². The summed E-state index contributed by atoms with van der Waals surface area (Å²) < 4.78 is 31.4. The lowest BCUT2D eigenvalue weighted by molar-refractivity contribution is 0.433. The fourth-order valence-electron chi connectivity index (χ4n) is 4.07. The van der Waals surface area contributed by atoms with Gasteiger partial charge < -0.3 is 14.9 Å². The van der Waals surface area contributed by atoms with Crippen LogP contribution in [0.15, 0.2) is 70.2 Å². The van der Waals surface area contributed by atoms with Gasteiger partial charge >= 0.3 is 0 Å². The van der Waals surface area contributed by atoms with Crippen LogP contribution in [0.5, 0.6) is 5.75 Å². The van der Waals surface area contributed by atoms with E-state index in [2.05, 4.69) is 15.5 Å². The predicted molar refractivity (Wildman–Crippen MR) is 128 cm³/mol. The molecule has 8 nitrogen and oxygen atoms in total. The van der Waals surface area contributed by atoms with Gasteiger partial charge in [-0.05, 0) is 62.7 Å². The van der Waals surface area contributed by atoms with Gasteiger partial charge in [0.05, 0.1) is 27.7 Å². The molecule has 1 aliphatic heterocycles. The summed E-state index contributed by atoms with van der Waals surface area (Å²) in [5, 5.41) is 16.4. The third-order valence-electron chi connectivity index (χ3n) is 6.03. The Morgan fingerprint density at radius 1 is 1.03 bits per heavy atom. The molecule has 2 N–H and O–H groups in total. The second-order valence-electron chi connectivity index (χ2n) is 8.35. The second kappa shape index (κ2) is 9.00. The molecule has 2 aromatic carbocycles. The number of benzene rings is 2. The third-order valence-corrected chi connectivity index (χ3v) is 8.24. The van der Waals surface area contributed by atoms with Crippen LogP contribution in [0.4, 0.5) is 0 Å². The van der Waals surface area contributed by atoms with Gasteiger partial charge in [0.2, 0.25) is 0 Å². The molecule has 0 saturated carbocycles. The van der Waals surface area contributed by atoms with Gasteiger partial charge in [-0.3, -0.25) is 4.98 Å². The standard InChI is InChI=1S/C25H24N4O4S/c1-16-25(24-13-22(29-33-24)17-4-8-19(30)9-5-17)28-23(15-27-16)18-6-10-20(11-7-18)34(31,32)21-3-2-12-26-14-21/h4-11,13,15,21,26,30H,2-3,12,14H2,1H3. The van der Waals surface area contributed by atoms with Crippen molar-refractivity contribution >= 4 is 9.84 Å². The fourth-order valence-corrected chi connectivity index (χ4v) is 5.78. The molecule has 1 unspecified atom stereocenters. The van der Waals surface area contributed by atoms with Crippen molar-refractivity contribution in [1.82, 2.24) is 20.4 Å². The molecular formula is C25H24N4O4S. The zero-order chi connectivity index (χ0) is 23.7. The summed E-state index contributed by atoms with van der Waals surface area (Å²) >= 11 is 0. The topological polar surface area (TPSA) is 118 Å². The summed E-state index contributed by atoms with van der Waals surface area (Å²) in [5.74, 6) is 0.648. The van der Waals surface area contributed by atoms with E-state index in [-0.39, 0.29) is 5.75 Å². The maximum atomic E-state index is 13.0. The first-order valence-electron chi connectivity index (χ1n) is 11.1. The molecule has 0 amide bonds. The zero-order valence-corrected chi connectivity index (χ0v) is 19.4.